The molecule has 4 rings (SSSR count). The number of piperazine rings is 1. The maximum atomic E-state index is 13.1. The molecule has 0 unspecified atom stereocenters. The zero-order valence-electron chi connectivity index (χ0n) is 19.9. The number of nitrogens with zero attached hydrogens (tertiary/aromatic N) is 3. The lowest BCUT2D eigenvalue weighted by molar-refractivity contribution is -0.136. The molecule has 1 heterocycles. The Morgan fingerprint density at radius 1 is 1.06 bits per heavy atom. The Hall–Kier alpha value is -3.03. The lowest BCUT2D eigenvalue weighted by Gasteiger charge is -2.38. The average molecular weight is 518 g/mol. The molecular formula is C26H30F3N5OS. The zero-order valence-corrected chi connectivity index (χ0v) is 20.7. The third-order valence-electron chi connectivity index (χ3n) is 6.84. The molecule has 6 nitrogen and oxygen atoms in total. The second-order valence-electron chi connectivity index (χ2n) is 9.26. The standard InChI is InChI=1S/C26H30F3N5OS/c27-26(28,29)23-15-20(5-10-24(23)31)32-19-3-8-22(9-4-19)35-17-25(36)34-13-11-33(12-14-34)21-6-1-18(16-30)2-7-21/h1-2,5-7,10,15,19,22,32H,3-4,8-9,11-14,17,31H2. The van der Waals surface area contributed by atoms with Crippen LogP contribution in [0.15, 0.2) is 42.5 Å². The van der Waals surface area contributed by atoms with Gasteiger partial charge in [-0.3, -0.25) is 0 Å². The minimum atomic E-state index is -4.47. The predicted octanol–water partition coefficient (Wildman–Crippen LogP) is 5.05. The van der Waals surface area contributed by atoms with E-state index in [4.69, 9.17) is 28.0 Å². The van der Waals surface area contributed by atoms with Crippen LogP contribution in [-0.4, -0.2) is 54.8 Å². The summed E-state index contributed by atoms with van der Waals surface area (Å²) in [6.45, 7) is 3.75. The number of ether oxygens (including phenoxy) is 1. The van der Waals surface area contributed by atoms with Crippen LogP contribution in [-0.2, 0) is 10.9 Å². The third kappa shape index (κ3) is 6.59. The number of halogens is 3. The second-order valence-corrected chi connectivity index (χ2v) is 9.73. The highest BCUT2D eigenvalue weighted by molar-refractivity contribution is 7.80. The number of nitrogens with one attached hydrogen (secondary N) is 1. The van der Waals surface area contributed by atoms with E-state index in [-0.39, 0.29) is 17.8 Å². The fourth-order valence-corrected chi connectivity index (χ4v) is 4.99. The highest BCUT2D eigenvalue weighted by Crippen LogP contribution is 2.36. The summed E-state index contributed by atoms with van der Waals surface area (Å²) in [5.41, 5.74) is 6.61. The first-order chi connectivity index (χ1) is 17.2. The van der Waals surface area contributed by atoms with Crippen LogP contribution in [0.3, 0.4) is 0 Å². The molecule has 0 spiro atoms. The van der Waals surface area contributed by atoms with Crippen molar-refractivity contribution in [3.63, 3.8) is 0 Å². The Balaban J connectivity index is 1.17. The zero-order chi connectivity index (χ0) is 25.7. The minimum absolute atomic E-state index is 0.0943. The molecule has 10 heteroatoms. The van der Waals surface area contributed by atoms with Crippen molar-refractivity contribution in [3.05, 3.63) is 53.6 Å². The first-order valence-electron chi connectivity index (χ1n) is 12.1. The van der Waals surface area contributed by atoms with Crippen LogP contribution in [0, 0.1) is 11.3 Å². The van der Waals surface area contributed by atoms with E-state index >= 15 is 0 Å². The van der Waals surface area contributed by atoms with Gasteiger partial charge in [0.05, 0.1) is 29.9 Å². The number of hydrogen-bond donors (Lipinski definition) is 2. The summed E-state index contributed by atoms with van der Waals surface area (Å²) in [5, 5.41) is 12.2. The Morgan fingerprint density at radius 2 is 1.72 bits per heavy atom. The quantitative estimate of drug-likeness (QED) is 0.410. The Labute approximate surface area is 214 Å². The summed E-state index contributed by atoms with van der Waals surface area (Å²) >= 11 is 5.63. The highest BCUT2D eigenvalue weighted by Gasteiger charge is 2.33. The van der Waals surface area contributed by atoms with Crippen molar-refractivity contribution in [1.29, 1.82) is 5.26 Å². The van der Waals surface area contributed by atoms with Crippen molar-refractivity contribution in [2.45, 2.75) is 44.0 Å². The van der Waals surface area contributed by atoms with E-state index in [1.165, 1.54) is 6.07 Å². The van der Waals surface area contributed by atoms with Gasteiger partial charge in [-0.15, -0.1) is 0 Å². The van der Waals surface area contributed by atoms with Crippen molar-refractivity contribution in [3.8, 4) is 6.07 Å². The van der Waals surface area contributed by atoms with Gasteiger partial charge in [-0.05, 0) is 68.1 Å². The largest absolute Gasteiger partial charge is 0.418 e. The predicted molar refractivity (Wildman–Crippen MR) is 139 cm³/mol. The van der Waals surface area contributed by atoms with Gasteiger partial charge in [0.15, 0.2) is 0 Å². The van der Waals surface area contributed by atoms with Crippen LogP contribution in [0.4, 0.5) is 30.2 Å². The molecule has 2 aromatic rings. The Morgan fingerprint density at radius 3 is 2.33 bits per heavy atom. The van der Waals surface area contributed by atoms with Crippen LogP contribution < -0.4 is 16.0 Å². The molecule has 2 aliphatic rings. The van der Waals surface area contributed by atoms with Crippen LogP contribution in [0.25, 0.3) is 0 Å². The first-order valence-corrected chi connectivity index (χ1v) is 12.5. The number of hydrogen-bond acceptors (Lipinski definition) is 6. The molecule has 0 bridgehead atoms. The van der Waals surface area contributed by atoms with Gasteiger partial charge >= 0.3 is 6.18 Å². The van der Waals surface area contributed by atoms with Crippen molar-refractivity contribution in [2.24, 2.45) is 0 Å². The number of anilines is 3. The number of nitrogens with two attached hydrogens (primary N) is 1. The van der Waals surface area contributed by atoms with Crippen LogP contribution in [0.5, 0.6) is 0 Å². The molecular weight excluding hydrogens is 487 g/mol. The van der Waals surface area contributed by atoms with Crippen molar-refractivity contribution in [1.82, 2.24) is 4.90 Å². The molecule has 2 fully saturated rings. The third-order valence-corrected chi connectivity index (χ3v) is 7.22. The number of benzene rings is 2. The highest BCUT2D eigenvalue weighted by atomic mass is 32.1. The molecule has 0 amide bonds. The molecule has 192 valence electrons. The topological polar surface area (TPSA) is 77.5 Å². The van der Waals surface area contributed by atoms with E-state index in [0.29, 0.717) is 17.9 Å². The number of rotatable bonds is 6. The molecule has 1 saturated heterocycles. The fraction of sp³-hybridized carbons (Fsp3) is 0.462. The van der Waals surface area contributed by atoms with Crippen LogP contribution >= 0.6 is 12.2 Å². The molecule has 36 heavy (non-hydrogen) atoms. The lowest BCUT2D eigenvalue weighted by Crippen LogP contribution is -2.49. The second kappa shape index (κ2) is 11.4. The molecule has 2 aromatic carbocycles. The molecule has 3 N–H and O–H groups in total. The van der Waals surface area contributed by atoms with E-state index in [0.717, 1.165) is 68.6 Å². The summed E-state index contributed by atoms with van der Waals surface area (Å²) in [7, 11) is 0. The van der Waals surface area contributed by atoms with E-state index in [1.54, 1.807) is 6.07 Å². The van der Waals surface area contributed by atoms with Gasteiger partial charge in [0.1, 0.15) is 4.99 Å². The van der Waals surface area contributed by atoms with Gasteiger partial charge in [-0.2, -0.15) is 18.4 Å². The van der Waals surface area contributed by atoms with E-state index in [2.05, 4.69) is 21.2 Å². The fourth-order valence-electron chi connectivity index (χ4n) is 4.74. The van der Waals surface area contributed by atoms with E-state index < -0.39 is 11.7 Å². The molecule has 0 atom stereocenters. The smallest absolute Gasteiger partial charge is 0.398 e. The molecule has 1 aliphatic carbocycles. The summed E-state index contributed by atoms with van der Waals surface area (Å²) in [4.78, 5) is 5.27. The number of alkyl halides is 3. The average Bonchev–Trinajstić information content (AvgIpc) is 2.88. The number of nitriles is 1. The number of thiocarbonyl (C=S) groups is 1. The molecule has 0 radical (unpaired) electrons. The van der Waals surface area contributed by atoms with Gasteiger partial charge in [0.25, 0.3) is 0 Å². The van der Waals surface area contributed by atoms with E-state index in [1.807, 2.05) is 24.3 Å². The van der Waals surface area contributed by atoms with Crippen LogP contribution in [0.1, 0.15) is 36.8 Å². The summed E-state index contributed by atoms with van der Waals surface area (Å²) < 4.78 is 45.4. The minimum Gasteiger partial charge on any atom is -0.398 e. The van der Waals surface area contributed by atoms with Crippen molar-refractivity contribution < 1.29 is 17.9 Å². The van der Waals surface area contributed by atoms with Gasteiger partial charge < -0.3 is 25.6 Å². The van der Waals surface area contributed by atoms with Gasteiger partial charge in [-0.25, -0.2) is 0 Å². The summed E-state index contributed by atoms with van der Waals surface area (Å²) in [5.74, 6) is 0. The van der Waals surface area contributed by atoms with Crippen molar-refractivity contribution >= 4 is 34.3 Å². The van der Waals surface area contributed by atoms with Gasteiger partial charge in [-0.1, -0.05) is 12.2 Å². The molecule has 1 aliphatic heterocycles. The Bertz CT molecular complexity index is 1090. The normalized spacial score (nSPS) is 20.6. The maximum absolute atomic E-state index is 13.1. The number of nitrogen functional groups attached to an aromatic ring is 1. The van der Waals surface area contributed by atoms with Crippen molar-refractivity contribution in [2.75, 3.05) is 48.7 Å². The molecule has 1 saturated carbocycles. The lowest BCUT2D eigenvalue weighted by atomic mass is 9.92. The first kappa shape index (κ1) is 26.0. The summed E-state index contributed by atoms with van der Waals surface area (Å²) in [6.07, 6.45) is -1.10. The molecule has 0 aromatic heterocycles. The monoisotopic (exact) mass is 517 g/mol. The summed E-state index contributed by atoms with van der Waals surface area (Å²) in [6, 6.07) is 13.8. The Kier molecular flexibility index (Phi) is 8.21. The van der Waals surface area contributed by atoms with Gasteiger partial charge in [0, 0.05) is 49.3 Å². The van der Waals surface area contributed by atoms with Crippen LogP contribution in [0.2, 0.25) is 0 Å². The SMILES string of the molecule is N#Cc1ccc(N2CCN(C(=S)COC3CCC(Nc4ccc(N)c(C(F)(F)F)c4)CC3)CC2)cc1. The van der Waals surface area contributed by atoms with Gasteiger partial charge in [0.2, 0.25) is 0 Å². The maximum Gasteiger partial charge on any atom is 0.418 e. The van der Waals surface area contributed by atoms with E-state index in [9.17, 15) is 13.2 Å².